The number of hydrogen-bond donors (Lipinski definition) is 3. The van der Waals surface area contributed by atoms with Crippen LogP contribution in [0.3, 0.4) is 0 Å². The Morgan fingerprint density at radius 2 is 1.24 bits per heavy atom. The van der Waals surface area contributed by atoms with E-state index in [-0.39, 0.29) is 20.4 Å². The molecule has 13 heteroatoms. The SMILES string of the molecule is CNC(=O)/C(=C/c1cccc(C)n1)c1ccc2ncc(C#N)n2c1.CNC(=O)/C(=C/c1cccc(C)n1)c1ccc2ncc(C(N)=O)n2c1.[HH].[HH]. The van der Waals surface area contributed by atoms with Crippen LogP contribution in [0.2, 0.25) is 0 Å². The van der Waals surface area contributed by atoms with Crippen LogP contribution in [0, 0.1) is 25.2 Å². The number of carbonyl (C=O) groups is 3. The summed E-state index contributed by atoms with van der Waals surface area (Å²) in [6.07, 6.45) is 9.75. The fraction of sp³-hybridized carbons (Fsp3) is 0.111. The van der Waals surface area contributed by atoms with E-state index in [1.165, 1.54) is 12.4 Å². The number of pyridine rings is 4. The number of amides is 3. The molecule has 6 aromatic rings. The number of hydrogen-bond acceptors (Lipinski definition) is 8. The van der Waals surface area contributed by atoms with Gasteiger partial charge in [-0.15, -0.1) is 0 Å². The molecule has 0 atom stereocenters. The Kier molecular flexibility index (Phi) is 9.99. The van der Waals surface area contributed by atoms with Crippen molar-refractivity contribution in [3.63, 3.8) is 0 Å². The van der Waals surface area contributed by atoms with Crippen LogP contribution < -0.4 is 16.4 Å². The van der Waals surface area contributed by atoms with E-state index in [2.05, 4.69) is 36.6 Å². The molecule has 0 aliphatic carbocycles. The number of primary amides is 1. The zero-order valence-electron chi connectivity index (χ0n) is 27.2. The molecular weight excluding hydrogens is 620 g/mol. The van der Waals surface area contributed by atoms with Crippen molar-refractivity contribution >= 4 is 52.3 Å². The summed E-state index contributed by atoms with van der Waals surface area (Å²) in [5.74, 6) is -1.07. The van der Waals surface area contributed by atoms with Gasteiger partial charge in [0.05, 0.1) is 34.9 Å². The molecule has 0 saturated carbocycles. The molecule has 0 aliphatic rings. The molecule has 6 aromatic heterocycles. The molecule has 0 fully saturated rings. The summed E-state index contributed by atoms with van der Waals surface area (Å²) in [5.41, 5.74) is 12.5. The number of nitriles is 1. The average molecular weight is 657 g/mol. The van der Waals surface area contributed by atoms with Gasteiger partial charge in [-0.1, -0.05) is 12.1 Å². The van der Waals surface area contributed by atoms with E-state index in [1.54, 1.807) is 71.7 Å². The first-order valence-electron chi connectivity index (χ1n) is 15.0. The number of nitrogens with one attached hydrogen (secondary N) is 2. The van der Waals surface area contributed by atoms with Gasteiger partial charge in [-0.3, -0.25) is 33.2 Å². The molecule has 0 aliphatic heterocycles. The lowest BCUT2D eigenvalue weighted by Gasteiger charge is -2.08. The molecular formula is C36H36N10O3. The number of nitrogens with zero attached hydrogens (tertiary/aromatic N) is 7. The molecule has 0 bridgehead atoms. The van der Waals surface area contributed by atoms with Crippen LogP contribution in [-0.2, 0) is 9.59 Å². The van der Waals surface area contributed by atoms with Crippen LogP contribution in [0.4, 0.5) is 0 Å². The van der Waals surface area contributed by atoms with Crippen molar-refractivity contribution in [3.05, 3.63) is 131 Å². The summed E-state index contributed by atoms with van der Waals surface area (Å²) < 4.78 is 3.23. The van der Waals surface area contributed by atoms with E-state index in [0.29, 0.717) is 50.6 Å². The number of nitrogens with two attached hydrogens (primary N) is 1. The zero-order chi connectivity index (χ0) is 35.1. The summed E-state index contributed by atoms with van der Waals surface area (Å²) in [6.45, 7) is 3.78. The molecule has 4 N–H and O–H groups in total. The second kappa shape index (κ2) is 14.7. The van der Waals surface area contributed by atoms with E-state index in [0.717, 1.165) is 11.4 Å². The molecule has 0 saturated heterocycles. The van der Waals surface area contributed by atoms with Crippen molar-refractivity contribution in [2.45, 2.75) is 13.8 Å². The Balaban J connectivity index is 0.000000265. The van der Waals surface area contributed by atoms with Crippen LogP contribution >= 0.6 is 0 Å². The highest BCUT2D eigenvalue weighted by atomic mass is 16.2. The van der Waals surface area contributed by atoms with E-state index in [1.807, 2.05) is 50.2 Å². The van der Waals surface area contributed by atoms with Gasteiger partial charge in [0.15, 0.2) is 0 Å². The van der Waals surface area contributed by atoms with Crippen molar-refractivity contribution in [2.24, 2.45) is 5.73 Å². The second-order valence-electron chi connectivity index (χ2n) is 10.7. The van der Waals surface area contributed by atoms with Crippen molar-refractivity contribution in [2.75, 3.05) is 14.1 Å². The monoisotopic (exact) mass is 656 g/mol. The summed E-state index contributed by atoms with van der Waals surface area (Å²) >= 11 is 0. The highest BCUT2D eigenvalue weighted by molar-refractivity contribution is 6.24. The first kappa shape index (κ1) is 33.4. The average Bonchev–Trinajstić information content (AvgIpc) is 3.73. The lowest BCUT2D eigenvalue weighted by molar-refractivity contribution is -0.115. The van der Waals surface area contributed by atoms with Crippen molar-refractivity contribution in [1.82, 2.24) is 39.4 Å². The van der Waals surface area contributed by atoms with Gasteiger partial charge in [0.1, 0.15) is 28.8 Å². The van der Waals surface area contributed by atoms with Crippen LogP contribution in [0.5, 0.6) is 0 Å². The summed E-state index contributed by atoms with van der Waals surface area (Å²) in [5, 5.41) is 14.4. The topological polar surface area (TPSA) is 185 Å². The van der Waals surface area contributed by atoms with Gasteiger partial charge >= 0.3 is 0 Å². The van der Waals surface area contributed by atoms with Gasteiger partial charge in [0.25, 0.3) is 17.7 Å². The van der Waals surface area contributed by atoms with E-state index in [9.17, 15) is 14.4 Å². The van der Waals surface area contributed by atoms with Gasteiger partial charge in [-0.25, -0.2) is 9.97 Å². The minimum Gasteiger partial charge on any atom is -0.364 e. The third-order valence-electron chi connectivity index (χ3n) is 7.35. The number of aromatic nitrogens is 6. The summed E-state index contributed by atoms with van der Waals surface area (Å²) in [4.78, 5) is 53.3. The van der Waals surface area contributed by atoms with Crippen LogP contribution in [0.1, 0.15) is 52.9 Å². The van der Waals surface area contributed by atoms with Gasteiger partial charge in [-0.05, 0) is 74.5 Å². The second-order valence-corrected chi connectivity index (χ2v) is 10.7. The highest BCUT2D eigenvalue weighted by Gasteiger charge is 2.16. The molecule has 3 amide bonds. The third kappa shape index (κ3) is 7.55. The van der Waals surface area contributed by atoms with Gasteiger partial charge in [0, 0.05) is 51.9 Å². The van der Waals surface area contributed by atoms with Crippen molar-refractivity contribution in [3.8, 4) is 6.07 Å². The maximum atomic E-state index is 12.4. The fourth-order valence-corrected chi connectivity index (χ4v) is 4.96. The Bertz CT molecular complexity index is 2340. The Hall–Kier alpha value is -6.94. The smallest absolute Gasteiger partial charge is 0.267 e. The predicted molar refractivity (Wildman–Crippen MR) is 190 cm³/mol. The highest BCUT2D eigenvalue weighted by Crippen LogP contribution is 2.21. The molecule has 0 aromatic carbocycles. The van der Waals surface area contributed by atoms with E-state index in [4.69, 9.17) is 11.0 Å². The molecule has 0 spiro atoms. The maximum absolute atomic E-state index is 12.4. The number of aryl methyl sites for hydroxylation is 2. The Morgan fingerprint density at radius 1 is 0.755 bits per heavy atom. The van der Waals surface area contributed by atoms with E-state index < -0.39 is 5.91 Å². The molecule has 49 heavy (non-hydrogen) atoms. The third-order valence-corrected chi connectivity index (χ3v) is 7.35. The molecule has 6 rings (SSSR count). The van der Waals surface area contributed by atoms with Crippen molar-refractivity contribution < 1.29 is 17.2 Å². The van der Waals surface area contributed by atoms with E-state index >= 15 is 0 Å². The summed E-state index contributed by atoms with van der Waals surface area (Å²) in [7, 11) is 3.14. The Labute approximate surface area is 284 Å². The van der Waals surface area contributed by atoms with Crippen molar-refractivity contribution in [1.29, 1.82) is 5.26 Å². The van der Waals surface area contributed by atoms with Crippen LogP contribution in [0.25, 0.3) is 34.6 Å². The molecule has 13 nitrogen and oxygen atoms in total. The minimum absolute atomic E-state index is 0. The number of carbonyl (C=O) groups excluding carboxylic acids is 3. The quantitative estimate of drug-likeness (QED) is 0.214. The Morgan fingerprint density at radius 3 is 1.71 bits per heavy atom. The molecule has 6 heterocycles. The lowest BCUT2D eigenvalue weighted by atomic mass is 10.1. The largest absolute Gasteiger partial charge is 0.364 e. The minimum atomic E-state index is -0.588. The number of rotatable bonds is 7. The normalized spacial score (nSPS) is 11.4. The number of imidazole rings is 2. The molecule has 0 unspecified atom stereocenters. The lowest BCUT2D eigenvalue weighted by Crippen LogP contribution is -2.19. The van der Waals surface area contributed by atoms with Gasteiger partial charge in [-0.2, -0.15) is 5.26 Å². The van der Waals surface area contributed by atoms with Gasteiger partial charge in [0.2, 0.25) is 0 Å². The zero-order valence-corrected chi connectivity index (χ0v) is 27.2. The maximum Gasteiger partial charge on any atom is 0.267 e. The standard InChI is InChI=1S/C18H17N5O2.C18H15N5O.2H2/c1-11-4-3-5-13(22-11)8-14(18(25)20-2)12-6-7-16-21-9-15(17(19)24)23(16)10-12;1-12-4-3-5-14(22-12)8-16(18(24)20-2)13-6-7-17-21-10-15(9-19)23(17)11-13;;/h3-10H,1-2H3,(H2,19,24)(H,20,25);3-8,10-11H,1-2H3,(H,20,24);2*1H/b14-8+;16-8+;;. The van der Waals surface area contributed by atoms with Crippen LogP contribution in [-0.4, -0.2) is 60.6 Å². The number of likely N-dealkylation sites (N-methyl/N-ethyl adjacent to an activating group) is 2. The number of fused-ring (bicyclic) bond motifs is 2. The first-order chi connectivity index (χ1) is 23.6. The fourth-order valence-electron chi connectivity index (χ4n) is 4.96. The van der Waals surface area contributed by atoms with Crippen LogP contribution in [0.15, 0.2) is 85.5 Å². The first-order valence-corrected chi connectivity index (χ1v) is 15.0. The predicted octanol–water partition coefficient (Wildman–Crippen LogP) is 4.11. The van der Waals surface area contributed by atoms with Gasteiger partial charge < -0.3 is 16.4 Å². The molecule has 0 radical (unpaired) electrons. The summed E-state index contributed by atoms with van der Waals surface area (Å²) in [6, 6.07) is 20.4. The molecule has 248 valence electrons.